The number of nitrogens with one attached hydrogen (secondary N) is 1. The number of likely N-dealkylation sites (N-methyl/N-ethyl adjacent to an activating group) is 1. The van der Waals surface area contributed by atoms with Crippen LogP contribution in [0.1, 0.15) is 12.2 Å². The Bertz CT molecular complexity index is 2200. The number of imidazole rings is 1. The number of carbonyl (C=O) groups excluding carboxylic acids is 1. The summed E-state index contributed by atoms with van der Waals surface area (Å²) in [6, 6.07) is 16.5. The fraction of sp³-hybridized carbons (Fsp3) is 0.286. The number of hydrogen-bond donors (Lipinski definition) is 1. The summed E-state index contributed by atoms with van der Waals surface area (Å²) in [6.07, 6.45) is 3.42. The lowest BCUT2D eigenvalue weighted by Crippen LogP contribution is -2.47. The minimum Gasteiger partial charge on any atom is -0.378 e. The van der Waals surface area contributed by atoms with Crippen molar-refractivity contribution in [3.63, 3.8) is 0 Å². The van der Waals surface area contributed by atoms with Gasteiger partial charge in [0.15, 0.2) is 11.5 Å². The fourth-order valence-corrected chi connectivity index (χ4v) is 7.10. The zero-order chi connectivity index (χ0) is 33.1. The van der Waals surface area contributed by atoms with Crippen molar-refractivity contribution in [1.82, 2.24) is 34.2 Å². The third-order valence-electron chi connectivity index (χ3n) is 9.39. The van der Waals surface area contributed by atoms with Gasteiger partial charge in [0.1, 0.15) is 29.2 Å². The van der Waals surface area contributed by atoms with Gasteiger partial charge in [-0.3, -0.25) is 4.79 Å². The van der Waals surface area contributed by atoms with Crippen LogP contribution in [0.4, 0.5) is 20.3 Å². The molecule has 4 aromatic heterocycles. The summed E-state index contributed by atoms with van der Waals surface area (Å²) in [5.41, 5.74) is 4.83. The summed E-state index contributed by atoms with van der Waals surface area (Å²) >= 11 is 0. The molecule has 0 radical (unpaired) electrons. The molecule has 1 saturated heterocycles. The van der Waals surface area contributed by atoms with E-state index >= 15 is 0 Å². The number of amides is 1. The zero-order valence-corrected chi connectivity index (χ0v) is 26.6. The lowest BCUT2D eigenvalue weighted by Gasteiger charge is -2.31. The van der Waals surface area contributed by atoms with E-state index in [-0.39, 0.29) is 23.7 Å². The van der Waals surface area contributed by atoms with Crippen LogP contribution >= 0.6 is 0 Å². The van der Waals surface area contributed by atoms with Gasteiger partial charge in [-0.25, -0.2) is 28.4 Å². The summed E-state index contributed by atoms with van der Waals surface area (Å²) in [5.74, 6) is 0.0506. The number of pyridine rings is 2. The van der Waals surface area contributed by atoms with Crippen molar-refractivity contribution in [2.75, 3.05) is 37.5 Å². The molecule has 6 aromatic rings. The van der Waals surface area contributed by atoms with Crippen molar-refractivity contribution in [1.29, 1.82) is 0 Å². The van der Waals surface area contributed by atoms with Gasteiger partial charge in [-0.15, -0.1) is 0 Å². The Morgan fingerprint density at radius 2 is 1.83 bits per heavy atom. The lowest BCUT2D eigenvalue weighted by atomic mass is 10.1. The van der Waals surface area contributed by atoms with E-state index in [4.69, 9.17) is 14.7 Å². The molecule has 11 nitrogen and oxygen atoms in total. The van der Waals surface area contributed by atoms with Crippen molar-refractivity contribution in [2.24, 2.45) is 0 Å². The maximum atomic E-state index is 14.8. The van der Waals surface area contributed by atoms with Crippen molar-refractivity contribution in [3.8, 4) is 16.9 Å². The quantitative estimate of drug-likeness (QED) is 0.287. The topological polar surface area (TPSA) is 106 Å². The molecule has 244 valence electrons. The predicted octanol–water partition coefficient (Wildman–Crippen LogP) is 4.97. The van der Waals surface area contributed by atoms with E-state index in [1.807, 2.05) is 43.3 Å². The number of aryl methyl sites for hydroxylation is 1. The average Bonchev–Trinajstić information content (AvgIpc) is 3.79. The standard InChI is InChI=1S/C35H33F2N9O2/c1-20-40-28-8-4-6-24-27-7-5-9-32(42-27)41-22-15-31(35(47)43(2)18-23(48-3)19-44(20)33(24)28)45(17-22)29-12-13-38-34-25(29)16-39-46(34)30-11-10-21(36)14-26(30)37/h4-14,16,22-23,31H,15,17-19H2,1-3H3,(H,41,42)/t22-,23+,31-/m0/s1. The van der Waals surface area contributed by atoms with Gasteiger partial charge in [0, 0.05) is 51.1 Å². The number of aromatic nitrogens is 6. The molecule has 0 aliphatic carbocycles. The Balaban J connectivity index is 1.22. The largest absolute Gasteiger partial charge is 0.378 e. The van der Waals surface area contributed by atoms with Crippen LogP contribution in [0.5, 0.6) is 0 Å². The van der Waals surface area contributed by atoms with Gasteiger partial charge in [0.2, 0.25) is 5.91 Å². The Hall–Kier alpha value is -5.43. The summed E-state index contributed by atoms with van der Waals surface area (Å²) in [7, 11) is 3.46. The number of ether oxygens (including phenoxy) is 1. The normalized spacial score (nSPS) is 19.9. The smallest absolute Gasteiger partial charge is 0.245 e. The third-order valence-corrected chi connectivity index (χ3v) is 9.39. The van der Waals surface area contributed by atoms with E-state index in [2.05, 4.69) is 30.9 Å². The van der Waals surface area contributed by atoms with Crippen LogP contribution in [0.25, 0.3) is 39.0 Å². The number of para-hydroxylation sites is 1. The van der Waals surface area contributed by atoms with Gasteiger partial charge in [-0.2, -0.15) is 5.10 Å². The highest BCUT2D eigenvalue weighted by Gasteiger charge is 2.40. The number of anilines is 2. The highest BCUT2D eigenvalue weighted by molar-refractivity contribution is 5.95. The Kier molecular flexibility index (Phi) is 7.28. The number of hydrogen-bond acceptors (Lipinski definition) is 8. The second-order valence-corrected chi connectivity index (χ2v) is 12.4. The first-order chi connectivity index (χ1) is 23.3. The molecule has 48 heavy (non-hydrogen) atoms. The molecule has 4 bridgehead atoms. The molecule has 0 saturated carbocycles. The molecular formula is C35H33F2N9O2. The van der Waals surface area contributed by atoms with E-state index < -0.39 is 17.7 Å². The summed E-state index contributed by atoms with van der Waals surface area (Å²) < 4.78 is 38.0. The second kappa shape index (κ2) is 11.7. The minimum atomic E-state index is -0.753. The van der Waals surface area contributed by atoms with Crippen LogP contribution in [-0.4, -0.2) is 85.5 Å². The Labute approximate surface area is 274 Å². The monoisotopic (exact) mass is 649 g/mol. The molecule has 2 aromatic carbocycles. The number of rotatable bonds is 3. The Morgan fingerprint density at radius 1 is 0.979 bits per heavy atom. The molecule has 1 N–H and O–H groups in total. The van der Waals surface area contributed by atoms with Crippen molar-refractivity contribution in [3.05, 3.63) is 90.5 Å². The van der Waals surface area contributed by atoms with Crippen LogP contribution in [0.2, 0.25) is 0 Å². The summed E-state index contributed by atoms with van der Waals surface area (Å²) in [5, 5.41) is 8.66. The Morgan fingerprint density at radius 3 is 2.67 bits per heavy atom. The van der Waals surface area contributed by atoms with Crippen LogP contribution in [-0.2, 0) is 16.1 Å². The number of fused-ring (bicyclic) bond motifs is 6. The minimum absolute atomic E-state index is 0.0623. The lowest BCUT2D eigenvalue weighted by molar-refractivity contribution is -0.132. The van der Waals surface area contributed by atoms with Crippen LogP contribution in [0.3, 0.4) is 0 Å². The number of methoxy groups -OCH3 is 1. The maximum Gasteiger partial charge on any atom is 0.245 e. The van der Waals surface area contributed by atoms with Crippen molar-refractivity contribution < 1.29 is 18.3 Å². The second-order valence-electron chi connectivity index (χ2n) is 12.4. The molecule has 1 fully saturated rings. The van der Waals surface area contributed by atoms with Gasteiger partial charge in [-0.1, -0.05) is 18.2 Å². The van der Waals surface area contributed by atoms with E-state index in [1.165, 1.54) is 16.8 Å². The van der Waals surface area contributed by atoms with Crippen LogP contribution in [0, 0.1) is 18.6 Å². The number of halogens is 2. The van der Waals surface area contributed by atoms with Gasteiger partial charge in [0.05, 0.1) is 46.6 Å². The molecule has 2 aliphatic rings. The molecule has 0 unspecified atom stereocenters. The van der Waals surface area contributed by atoms with Gasteiger partial charge >= 0.3 is 0 Å². The maximum absolute atomic E-state index is 14.8. The van der Waals surface area contributed by atoms with Crippen LogP contribution < -0.4 is 10.2 Å². The third kappa shape index (κ3) is 5.01. The van der Waals surface area contributed by atoms with Gasteiger partial charge in [-0.05, 0) is 49.7 Å². The first kappa shape index (κ1) is 29.9. The molecule has 1 amide bonds. The van der Waals surface area contributed by atoms with E-state index in [9.17, 15) is 13.6 Å². The number of benzene rings is 2. The highest BCUT2D eigenvalue weighted by Crippen LogP contribution is 2.35. The molecule has 2 aliphatic heterocycles. The summed E-state index contributed by atoms with van der Waals surface area (Å²) in [4.78, 5) is 32.5. The van der Waals surface area contributed by atoms with Crippen molar-refractivity contribution >= 4 is 39.5 Å². The number of carbonyl (C=O) groups is 1. The summed E-state index contributed by atoms with van der Waals surface area (Å²) in [6.45, 7) is 3.32. The SMILES string of the molecule is CO[C@@H]1CN(C)C(=O)[C@@H]2C[C@@H](CN2c2ccnc3c2cnn3-c2ccc(F)cc2F)Nc2cccc(n2)-c2cccc3nc(C)n(c23)C1. The average molecular weight is 650 g/mol. The van der Waals surface area contributed by atoms with Gasteiger partial charge in [0.25, 0.3) is 0 Å². The van der Waals surface area contributed by atoms with E-state index in [0.717, 1.165) is 39.9 Å². The fourth-order valence-electron chi connectivity index (χ4n) is 7.10. The first-order valence-corrected chi connectivity index (χ1v) is 15.8. The molecule has 6 heterocycles. The van der Waals surface area contributed by atoms with E-state index in [0.29, 0.717) is 42.9 Å². The van der Waals surface area contributed by atoms with Gasteiger partial charge < -0.3 is 24.4 Å². The molecule has 8 rings (SSSR count). The van der Waals surface area contributed by atoms with Crippen molar-refractivity contribution in [2.45, 2.75) is 38.1 Å². The molecular weight excluding hydrogens is 616 g/mol. The zero-order valence-electron chi connectivity index (χ0n) is 26.6. The predicted molar refractivity (Wildman–Crippen MR) is 178 cm³/mol. The molecule has 3 atom stereocenters. The van der Waals surface area contributed by atoms with Crippen LogP contribution in [0.15, 0.2) is 73.1 Å². The highest BCUT2D eigenvalue weighted by atomic mass is 19.1. The number of nitrogens with zero attached hydrogens (tertiary/aromatic N) is 8. The first-order valence-electron chi connectivity index (χ1n) is 15.8. The van der Waals surface area contributed by atoms with E-state index in [1.54, 1.807) is 31.5 Å². The molecule has 13 heteroatoms. The molecule has 0 spiro atoms.